The normalized spacial score (nSPS) is 16.7. The molecule has 1 fully saturated rings. The van der Waals surface area contributed by atoms with Crippen LogP contribution in [-0.2, 0) is 0 Å². The summed E-state index contributed by atoms with van der Waals surface area (Å²) in [5.74, 6) is 0.0795. The Morgan fingerprint density at radius 2 is 1.95 bits per heavy atom. The molecule has 1 aromatic rings. The smallest absolute Gasteiger partial charge is 0.253 e. The molecule has 19 heavy (non-hydrogen) atoms. The quantitative estimate of drug-likeness (QED) is 0.715. The summed E-state index contributed by atoms with van der Waals surface area (Å²) in [6.07, 6.45) is 0. The van der Waals surface area contributed by atoms with Crippen LogP contribution in [0.15, 0.2) is 22.7 Å². The molecule has 0 N–H and O–H groups in total. The lowest BCUT2D eigenvalue weighted by Gasteiger charge is -2.34. The van der Waals surface area contributed by atoms with E-state index < -0.39 is 0 Å². The SMILES string of the molecule is O=C(c1ccc(Cl)c(Br)c1)N1CCN(CCBr)CC1. The summed E-state index contributed by atoms with van der Waals surface area (Å²) in [4.78, 5) is 16.6. The van der Waals surface area contributed by atoms with Gasteiger partial charge in [-0.1, -0.05) is 27.5 Å². The molecule has 0 radical (unpaired) electrons. The zero-order valence-corrected chi connectivity index (χ0v) is 14.3. The van der Waals surface area contributed by atoms with Gasteiger partial charge in [0.25, 0.3) is 5.91 Å². The Bertz CT molecular complexity index is 462. The van der Waals surface area contributed by atoms with Gasteiger partial charge in [0.15, 0.2) is 0 Å². The van der Waals surface area contributed by atoms with Crippen LogP contribution in [-0.4, -0.2) is 53.8 Å². The Labute approximate surface area is 135 Å². The minimum atomic E-state index is 0.0795. The van der Waals surface area contributed by atoms with E-state index in [0.717, 1.165) is 42.5 Å². The minimum absolute atomic E-state index is 0.0795. The Morgan fingerprint density at radius 3 is 2.53 bits per heavy atom. The van der Waals surface area contributed by atoms with Crippen molar-refractivity contribution in [1.29, 1.82) is 0 Å². The van der Waals surface area contributed by atoms with Crippen LogP contribution >= 0.6 is 43.5 Å². The number of nitrogens with zero attached hydrogens (tertiary/aromatic N) is 2. The molecule has 2 rings (SSSR count). The minimum Gasteiger partial charge on any atom is -0.336 e. The molecule has 3 nitrogen and oxygen atoms in total. The molecule has 0 atom stereocenters. The number of hydrogen-bond donors (Lipinski definition) is 0. The second kappa shape index (κ2) is 7.07. The summed E-state index contributed by atoms with van der Waals surface area (Å²) in [6, 6.07) is 5.32. The number of amides is 1. The summed E-state index contributed by atoms with van der Waals surface area (Å²) < 4.78 is 0.762. The fraction of sp³-hybridized carbons (Fsp3) is 0.462. The second-order valence-electron chi connectivity index (χ2n) is 4.45. The molecule has 1 amide bonds. The molecule has 0 spiro atoms. The molecule has 1 aliphatic rings. The van der Waals surface area contributed by atoms with Gasteiger partial charge in [-0.05, 0) is 34.1 Å². The van der Waals surface area contributed by atoms with Crippen molar-refractivity contribution in [3.05, 3.63) is 33.3 Å². The number of benzene rings is 1. The van der Waals surface area contributed by atoms with Gasteiger partial charge in [0, 0.05) is 48.1 Å². The highest BCUT2D eigenvalue weighted by Crippen LogP contribution is 2.24. The van der Waals surface area contributed by atoms with Crippen LogP contribution in [0, 0.1) is 0 Å². The molecule has 0 bridgehead atoms. The van der Waals surface area contributed by atoms with Crippen LogP contribution in [0.1, 0.15) is 10.4 Å². The first-order valence-corrected chi connectivity index (χ1v) is 8.43. The fourth-order valence-electron chi connectivity index (χ4n) is 2.11. The van der Waals surface area contributed by atoms with Crippen molar-refractivity contribution in [3.8, 4) is 0 Å². The van der Waals surface area contributed by atoms with Gasteiger partial charge in [0.05, 0.1) is 5.02 Å². The lowest BCUT2D eigenvalue weighted by molar-refractivity contribution is 0.0645. The largest absolute Gasteiger partial charge is 0.336 e. The molecule has 104 valence electrons. The predicted octanol–water partition coefficient (Wildman–Crippen LogP) is 3.26. The van der Waals surface area contributed by atoms with E-state index >= 15 is 0 Å². The van der Waals surface area contributed by atoms with Gasteiger partial charge in [-0.3, -0.25) is 9.69 Å². The average molecular weight is 411 g/mol. The average Bonchev–Trinajstić information content (AvgIpc) is 2.42. The van der Waals surface area contributed by atoms with Crippen molar-refractivity contribution in [2.75, 3.05) is 38.1 Å². The lowest BCUT2D eigenvalue weighted by atomic mass is 10.2. The van der Waals surface area contributed by atoms with E-state index in [4.69, 9.17) is 11.6 Å². The van der Waals surface area contributed by atoms with Crippen LogP contribution in [0.5, 0.6) is 0 Å². The monoisotopic (exact) mass is 408 g/mol. The lowest BCUT2D eigenvalue weighted by Crippen LogP contribution is -2.49. The highest BCUT2D eigenvalue weighted by atomic mass is 79.9. The van der Waals surface area contributed by atoms with Crippen molar-refractivity contribution in [1.82, 2.24) is 9.80 Å². The maximum atomic E-state index is 12.4. The number of carbonyl (C=O) groups excluding carboxylic acids is 1. The molecule has 6 heteroatoms. The predicted molar refractivity (Wildman–Crippen MR) is 85.3 cm³/mol. The maximum absolute atomic E-state index is 12.4. The molecular formula is C13H15Br2ClN2O. The van der Waals surface area contributed by atoms with Gasteiger partial charge in [-0.25, -0.2) is 0 Å². The summed E-state index contributed by atoms with van der Waals surface area (Å²) in [6.45, 7) is 4.48. The van der Waals surface area contributed by atoms with E-state index in [9.17, 15) is 4.79 Å². The Hall–Kier alpha value is -0.100. The topological polar surface area (TPSA) is 23.6 Å². The Kier molecular flexibility index (Phi) is 5.69. The van der Waals surface area contributed by atoms with E-state index in [2.05, 4.69) is 36.8 Å². The number of piperazine rings is 1. The first-order valence-electron chi connectivity index (χ1n) is 6.14. The molecule has 0 aromatic heterocycles. The molecule has 1 aromatic carbocycles. The molecule has 1 aliphatic heterocycles. The van der Waals surface area contributed by atoms with Crippen molar-refractivity contribution in [2.45, 2.75) is 0 Å². The summed E-state index contributed by atoms with van der Waals surface area (Å²) in [7, 11) is 0. The molecule has 1 saturated heterocycles. The highest BCUT2D eigenvalue weighted by molar-refractivity contribution is 9.10. The number of hydrogen-bond acceptors (Lipinski definition) is 2. The first kappa shape index (κ1) is 15.3. The van der Waals surface area contributed by atoms with E-state index in [-0.39, 0.29) is 5.91 Å². The van der Waals surface area contributed by atoms with Crippen LogP contribution in [0.3, 0.4) is 0 Å². The maximum Gasteiger partial charge on any atom is 0.253 e. The zero-order valence-electron chi connectivity index (χ0n) is 10.4. The standard InChI is InChI=1S/C13H15Br2ClN2O/c14-3-4-17-5-7-18(8-6-17)13(19)10-1-2-12(16)11(15)9-10/h1-2,9H,3-8H2. The molecule has 0 aliphatic carbocycles. The molecular weight excluding hydrogens is 395 g/mol. The van der Waals surface area contributed by atoms with E-state index in [1.54, 1.807) is 18.2 Å². The van der Waals surface area contributed by atoms with Gasteiger partial charge in [-0.2, -0.15) is 0 Å². The first-order chi connectivity index (χ1) is 9.11. The number of halogens is 3. The van der Waals surface area contributed by atoms with Gasteiger partial charge in [0.1, 0.15) is 0 Å². The summed E-state index contributed by atoms with van der Waals surface area (Å²) >= 11 is 12.7. The number of carbonyl (C=O) groups is 1. The molecule has 0 unspecified atom stereocenters. The van der Waals surface area contributed by atoms with Crippen molar-refractivity contribution in [2.24, 2.45) is 0 Å². The van der Waals surface area contributed by atoms with Gasteiger partial charge in [-0.15, -0.1) is 0 Å². The fourth-order valence-corrected chi connectivity index (χ4v) is 3.10. The Balaban J connectivity index is 1.99. The number of rotatable bonds is 3. The molecule has 1 heterocycles. The van der Waals surface area contributed by atoms with Crippen LogP contribution in [0.25, 0.3) is 0 Å². The third kappa shape index (κ3) is 3.94. The Morgan fingerprint density at radius 1 is 1.26 bits per heavy atom. The van der Waals surface area contributed by atoms with Crippen molar-refractivity contribution < 1.29 is 4.79 Å². The van der Waals surface area contributed by atoms with E-state index in [1.807, 2.05) is 4.90 Å². The van der Waals surface area contributed by atoms with Crippen molar-refractivity contribution >= 4 is 49.4 Å². The zero-order chi connectivity index (χ0) is 13.8. The van der Waals surface area contributed by atoms with Gasteiger partial charge >= 0.3 is 0 Å². The summed E-state index contributed by atoms with van der Waals surface area (Å²) in [5.41, 5.74) is 0.685. The van der Waals surface area contributed by atoms with Crippen molar-refractivity contribution in [3.63, 3.8) is 0 Å². The third-order valence-electron chi connectivity index (χ3n) is 3.23. The highest BCUT2D eigenvalue weighted by Gasteiger charge is 2.21. The van der Waals surface area contributed by atoms with Crippen LogP contribution in [0.4, 0.5) is 0 Å². The number of alkyl halides is 1. The summed E-state index contributed by atoms with van der Waals surface area (Å²) in [5, 5.41) is 1.60. The van der Waals surface area contributed by atoms with E-state index in [1.165, 1.54) is 0 Å². The van der Waals surface area contributed by atoms with E-state index in [0.29, 0.717) is 10.6 Å². The second-order valence-corrected chi connectivity index (χ2v) is 6.51. The van der Waals surface area contributed by atoms with Crippen LogP contribution < -0.4 is 0 Å². The van der Waals surface area contributed by atoms with Crippen LogP contribution in [0.2, 0.25) is 5.02 Å². The van der Waals surface area contributed by atoms with Gasteiger partial charge in [0.2, 0.25) is 0 Å². The third-order valence-corrected chi connectivity index (χ3v) is 4.80. The van der Waals surface area contributed by atoms with Gasteiger partial charge < -0.3 is 4.90 Å². The molecule has 0 saturated carbocycles.